The monoisotopic (exact) mass is 464 g/mol. The maximum absolute atomic E-state index is 12.5. The zero-order valence-corrected chi connectivity index (χ0v) is 19.6. The predicted molar refractivity (Wildman–Crippen MR) is 134 cm³/mol. The van der Waals surface area contributed by atoms with Gasteiger partial charge in [-0.1, -0.05) is 24.4 Å². The number of nitrogens with one attached hydrogen (secondary N) is 4. The summed E-state index contributed by atoms with van der Waals surface area (Å²) in [5, 5.41) is 18.5. The van der Waals surface area contributed by atoms with E-state index >= 15 is 0 Å². The summed E-state index contributed by atoms with van der Waals surface area (Å²) in [7, 11) is 0. The molecule has 3 heterocycles. The summed E-state index contributed by atoms with van der Waals surface area (Å²) in [6.07, 6.45) is 5.86. The van der Waals surface area contributed by atoms with Crippen molar-refractivity contribution in [2.75, 3.05) is 18.4 Å². The second-order valence-corrected chi connectivity index (χ2v) is 9.14. The van der Waals surface area contributed by atoms with Crippen LogP contribution in [0.2, 0.25) is 0 Å². The number of aromatic amines is 1. The molecule has 1 fully saturated rings. The van der Waals surface area contributed by atoms with Crippen LogP contribution in [0.1, 0.15) is 37.0 Å². The Morgan fingerprint density at radius 1 is 1.30 bits per heavy atom. The number of fused-ring (bicyclic) bond motifs is 1. The molecular formula is C24H28N6O2S. The number of benzene rings is 1. The van der Waals surface area contributed by atoms with Crippen molar-refractivity contribution < 1.29 is 9.53 Å². The Morgan fingerprint density at radius 2 is 2.12 bits per heavy atom. The Balaban J connectivity index is 1.46. The van der Waals surface area contributed by atoms with E-state index in [9.17, 15) is 4.79 Å². The van der Waals surface area contributed by atoms with E-state index in [0.29, 0.717) is 33.8 Å². The summed E-state index contributed by atoms with van der Waals surface area (Å²) in [4.78, 5) is 17.9. The number of anilines is 1. The lowest BCUT2D eigenvalue weighted by Gasteiger charge is -2.23. The van der Waals surface area contributed by atoms with Crippen LogP contribution >= 0.6 is 11.8 Å². The fraction of sp³-hybridized carbons (Fsp3) is 0.292. The van der Waals surface area contributed by atoms with Gasteiger partial charge in [0, 0.05) is 30.4 Å². The minimum Gasteiger partial charge on any atom is -0.456 e. The Bertz CT molecular complexity index is 1170. The molecule has 2 aromatic heterocycles. The molecule has 1 aliphatic rings. The number of piperidine rings is 1. The van der Waals surface area contributed by atoms with Crippen LogP contribution in [-0.4, -0.2) is 40.2 Å². The van der Waals surface area contributed by atoms with Gasteiger partial charge >= 0.3 is 0 Å². The van der Waals surface area contributed by atoms with Gasteiger partial charge in [0.25, 0.3) is 5.91 Å². The Labute approximate surface area is 197 Å². The first-order valence-electron chi connectivity index (χ1n) is 10.9. The number of pyridine rings is 1. The second-order valence-electron chi connectivity index (χ2n) is 7.80. The standard InChI is InChI=1S/C24H28N6O2S/c1-4-15(2)33-16(3)27-24(31)17-7-9-19(10-8-17)32-20-11-13-26-22-21(20)23(30-29-22)28-18-6-5-12-25-14-18/h4,7-11,13,18,25H,3,5-6,12,14H2,1-2H3,(H,27,31)(H2,26,28,29,30)/b15-4-. The van der Waals surface area contributed by atoms with Gasteiger partial charge in [-0.25, -0.2) is 4.98 Å². The fourth-order valence-corrected chi connectivity index (χ4v) is 4.21. The van der Waals surface area contributed by atoms with Gasteiger partial charge in [-0.15, -0.1) is 0 Å². The average molecular weight is 465 g/mol. The van der Waals surface area contributed by atoms with Crippen LogP contribution in [0.3, 0.4) is 0 Å². The molecule has 1 unspecified atom stereocenters. The molecular weight excluding hydrogens is 436 g/mol. The number of nitrogens with zero attached hydrogens (tertiary/aromatic N) is 2. The lowest BCUT2D eigenvalue weighted by Crippen LogP contribution is -2.38. The van der Waals surface area contributed by atoms with E-state index in [4.69, 9.17) is 4.74 Å². The molecule has 0 bridgehead atoms. The Kier molecular flexibility index (Phi) is 7.31. The molecule has 0 aliphatic carbocycles. The largest absolute Gasteiger partial charge is 0.456 e. The Morgan fingerprint density at radius 3 is 2.85 bits per heavy atom. The first-order valence-corrected chi connectivity index (χ1v) is 11.7. The molecule has 8 nitrogen and oxygen atoms in total. The van der Waals surface area contributed by atoms with Crippen molar-refractivity contribution in [1.82, 2.24) is 25.8 Å². The predicted octanol–water partition coefficient (Wildman–Crippen LogP) is 4.77. The molecule has 33 heavy (non-hydrogen) atoms. The molecule has 1 aliphatic heterocycles. The topological polar surface area (TPSA) is 104 Å². The molecule has 4 N–H and O–H groups in total. The highest BCUT2D eigenvalue weighted by Crippen LogP contribution is 2.33. The van der Waals surface area contributed by atoms with Gasteiger partial charge in [-0.05, 0) is 62.4 Å². The third-order valence-corrected chi connectivity index (χ3v) is 6.25. The van der Waals surface area contributed by atoms with Crippen molar-refractivity contribution in [2.24, 2.45) is 0 Å². The number of hydrogen-bond acceptors (Lipinski definition) is 7. The van der Waals surface area contributed by atoms with Crippen LogP contribution in [0.15, 0.2) is 59.1 Å². The van der Waals surface area contributed by atoms with Crippen molar-refractivity contribution in [3.8, 4) is 11.5 Å². The summed E-state index contributed by atoms with van der Waals surface area (Å²) in [5.41, 5.74) is 1.18. The van der Waals surface area contributed by atoms with Crippen molar-refractivity contribution >= 4 is 34.5 Å². The first kappa shape index (κ1) is 22.9. The Hall–Kier alpha value is -3.30. The van der Waals surface area contributed by atoms with Crippen molar-refractivity contribution in [3.05, 3.63) is 64.7 Å². The van der Waals surface area contributed by atoms with E-state index in [2.05, 4.69) is 37.7 Å². The quantitative estimate of drug-likeness (QED) is 0.381. The molecule has 0 radical (unpaired) electrons. The number of hydrogen-bond donors (Lipinski definition) is 4. The summed E-state index contributed by atoms with van der Waals surface area (Å²) < 4.78 is 6.15. The number of allylic oxidation sites excluding steroid dienone is 2. The number of H-pyrrole nitrogens is 1. The molecule has 1 saturated heterocycles. The SMILES string of the molecule is C=C(NC(=O)c1ccc(Oc2ccnc3[nH]nc(NC4CCCNC4)c23)cc1)S/C(C)=C\C. The third-order valence-electron chi connectivity index (χ3n) is 5.35. The lowest BCUT2D eigenvalue weighted by molar-refractivity contribution is 0.0969. The number of rotatable bonds is 8. The molecule has 1 atom stereocenters. The van der Waals surface area contributed by atoms with E-state index in [1.165, 1.54) is 11.8 Å². The molecule has 4 rings (SSSR count). The van der Waals surface area contributed by atoms with Crippen LogP contribution in [0, 0.1) is 0 Å². The lowest BCUT2D eigenvalue weighted by atomic mass is 10.1. The molecule has 172 valence electrons. The third kappa shape index (κ3) is 5.74. The number of ether oxygens (including phenoxy) is 1. The highest BCUT2D eigenvalue weighted by Gasteiger charge is 2.18. The summed E-state index contributed by atoms with van der Waals surface area (Å²) in [6.45, 7) is 9.76. The number of thioether (sulfide) groups is 1. The van der Waals surface area contributed by atoms with Crippen molar-refractivity contribution in [1.29, 1.82) is 0 Å². The van der Waals surface area contributed by atoms with E-state index in [1.807, 2.05) is 26.0 Å². The van der Waals surface area contributed by atoms with Gasteiger partial charge in [0.1, 0.15) is 16.9 Å². The van der Waals surface area contributed by atoms with Gasteiger partial charge in [0.15, 0.2) is 11.5 Å². The maximum Gasteiger partial charge on any atom is 0.256 e. The second kappa shape index (κ2) is 10.5. The van der Waals surface area contributed by atoms with Gasteiger partial charge < -0.3 is 20.7 Å². The van der Waals surface area contributed by atoms with Crippen LogP contribution in [-0.2, 0) is 0 Å². The van der Waals surface area contributed by atoms with E-state index < -0.39 is 0 Å². The van der Waals surface area contributed by atoms with Gasteiger partial charge in [0.2, 0.25) is 0 Å². The number of carbonyl (C=O) groups excluding carboxylic acids is 1. The van der Waals surface area contributed by atoms with Crippen LogP contribution < -0.4 is 20.7 Å². The van der Waals surface area contributed by atoms with E-state index in [-0.39, 0.29) is 5.91 Å². The molecule has 0 spiro atoms. The highest BCUT2D eigenvalue weighted by molar-refractivity contribution is 8.06. The molecule has 9 heteroatoms. The smallest absolute Gasteiger partial charge is 0.256 e. The number of aromatic nitrogens is 3. The van der Waals surface area contributed by atoms with Crippen LogP contribution in [0.4, 0.5) is 5.82 Å². The van der Waals surface area contributed by atoms with E-state index in [0.717, 1.165) is 42.0 Å². The minimum absolute atomic E-state index is 0.211. The minimum atomic E-state index is -0.211. The summed E-state index contributed by atoms with van der Waals surface area (Å²) in [6, 6.07) is 9.12. The zero-order chi connectivity index (χ0) is 23.2. The fourth-order valence-electron chi connectivity index (χ4n) is 3.56. The summed E-state index contributed by atoms with van der Waals surface area (Å²) in [5.74, 6) is 1.77. The number of amides is 1. The van der Waals surface area contributed by atoms with Gasteiger partial charge in [-0.3, -0.25) is 9.89 Å². The molecule has 1 amide bonds. The summed E-state index contributed by atoms with van der Waals surface area (Å²) >= 11 is 1.43. The maximum atomic E-state index is 12.5. The van der Waals surface area contributed by atoms with Gasteiger partial charge in [-0.2, -0.15) is 5.10 Å². The van der Waals surface area contributed by atoms with Crippen molar-refractivity contribution in [3.63, 3.8) is 0 Å². The van der Waals surface area contributed by atoms with Crippen LogP contribution in [0.5, 0.6) is 11.5 Å². The first-order chi connectivity index (χ1) is 16.0. The molecule has 0 saturated carbocycles. The van der Waals surface area contributed by atoms with E-state index in [1.54, 1.807) is 30.5 Å². The highest BCUT2D eigenvalue weighted by atomic mass is 32.2. The number of carbonyl (C=O) groups is 1. The van der Waals surface area contributed by atoms with Crippen molar-refractivity contribution in [2.45, 2.75) is 32.7 Å². The van der Waals surface area contributed by atoms with Crippen LogP contribution in [0.25, 0.3) is 11.0 Å². The normalized spacial score (nSPS) is 16.4. The zero-order valence-electron chi connectivity index (χ0n) is 18.8. The molecule has 3 aromatic rings. The molecule has 1 aromatic carbocycles. The average Bonchev–Trinajstić information content (AvgIpc) is 3.23. The van der Waals surface area contributed by atoms with Gasteiger partial charge in [0.05, 0.1) is 5.03 Å².